The van der Waals surface area contributed by atoms with E-state index in [-0.39, 0.29) is 12.1 Å². The SMILES string of the molecule is CCOC(=O)C1(c2ccc(-c3ccc(-c4cnn(C)c4NC(=O)OC(C)C4CCOCC4)cc3)cc2)CC1. The predicted octanol–water partition coefficient (Wildman–Crippen LogP) is 5.71. The summed E-state index contributed by atoms with van der Waals surface area (Å²) in [5, 5.41) is 7.24. The molecule has 1 unspecified atom stereocenters. The average molecular weight is 518 g/mol. The van der Waals surface area contributed by atoms with Crippen LogP contribution in [0.15, 0.2) is 54.7 Å². The summed E-state index contributed by atoms with van der Waals surface area (Å²) in [7, 11) is 1.79. The summed E-state index contributed by atoms with van der Waals surface area (Å²) in [5.41, 5.74) is 4.42. The first kappa shape index (κ1) is 26.0. The molecule has 0 radical (unpaired) electrons. The van der Waals surface area contributed by atoms with E-state index in [0.29, 0.717) is 31.6 Å². The number of esters is 1. The van der Waals surface area contributed by atoms with Crippen molar-refractivity contribution in [3.05, 3.63) is 60.3 Å². The molecular formula is C30H35N3O5. The molecule has 2 aliphatic rings. The summed E-state index contributed by atoms with van der Waals surface area (Å²) < 4.78 is 18.0. The molecule has 0 spiro atoms. The van der Waals surface area contributed by atoms with E-state index in [1.807, 2.05) is 50.2 Å². The average Bonchev–Trinajstić information content (AvgIpc) is 3.68. The maximum atomic E-state index is 12.7. The molecule has 1 atom stereocenters. The van der Waals surface area contributed by atoms with E-state index in [4.69, 9.17) is 14.2 Å². The van der Waals surface area contributed by atoms with Crippen molar-refractivity contribution >= 4 is 17.9 Å². The van der Waals surface area contributed by atoms with E-state index in [2.05, 4.69) is 22.5 Å². The van der Waals surface area contributed by atoms with E-state index in [9.17, 15) is 9.59 Å². The fraction of sp³-hybridized carbons (Fsp3) is 0.433. The number of aryl methyl sites for hydroxylation is 1. The first-order valence-electron chi connectivity index (χ1n) is 13.4. The molecule has 1 aliphatic carbocycles. The number of benzene rings is 2. The summed E-state index contributed by atoms with van der Waals surface area (Å²) >= 11 is 0. The van der Waals surface area contributed by atoms with Crippen LogP contribution in [0.1, 0.15) is 45.1 Å². The van der Waals surface area contributed by atoms with Gasteiger partial charge in [0, 0.05) is 31.7 Å². The Bertz CT molecular complexity index is 1270. The van der Waals surface area contributed by atoms with Crippen LogP contribution in [0.5, 0.6) is 0 Å². The van der Waals surface area contributed by atoms with Gasteiger partial charge in [0.15, 0.2) is 0 Å². The summed E-state index contributed by atoms with van der Waals surface area (Å²) in [5.74, 6) is 0.766. The Morgan fingerprint density at radius 2 is 1.66 bits per heavy atom. The van der Waals surface area contributed by atoms with Gasteiger partial charge in [0.25, 0.3) is 0 Å². The van der Waals surface area contributed by atoms with Crippen LogP contribution in [0.2, 0.25) is 0 Å². The van der Waals surface area contributed by atoms with Crippen LogP contribution < -0.4 is 5.32 Å². The number of anilines is 1. The summed E-state index contributed by atoms with van der Waals surface area (Å²) in [6.45, 7) is 5.59. The van der Waals surface area contributed by atoms with Crippen molar-refractivity contribution < 1.29 is 23.8 Å². The van der Waals surface area contributed by atoms with Gasteiger partial charge < -0.3 is 14.2 Å². The summed E-state index contributed by atoms with van der Waals surface area (Å²) in [4.78, 5) is 25.1. The third kappa shape index (κ3) is 5.31. The Morgan fingerprint density at radius 3 is 2.26 bits per heavy atom. The van der Waals surface area contributed by atoms with Crippen molar-refractivity contribution in [2.45, 2.75) is 51.0 Å². The van der Waals surface area contributed by atoms with Crippen molar-refractivity contribution in [1.29, 1.82) is 0 Å². The molecular weight excluding hydrogens is 482 g/mol. The summed E-state index contributed by atoms with van der Waals surface area (Å²) in [6, 6.07) is 16.3. The lowest BCUT2D eigenvalue weighted by Gasteiger charge is -2.27. The van der Waals surface area contributed by atoms with Crippen LogP contribution in [0, 0.1) is 5.92 Å². The van der Waals surface area contributed by atoms with Gasteiger partial charge in [-0.05, 0) is 61.8 Å². The Kier molecular flexibility index (Phi) is 7.51. The second-order valence-corrected chi connectivity index (χ2v) is 10.2. The number of carbonyl (C=O) groups excluding carboxylic acids is 2. The van der Waals surface area contributed by atoms with Crippen molar-refractivity contribution in [2.75, 3.05) is 25.1 Å². The van der Waals surface area contributed by atoms with Gasteiger partial charge >= 0.3 is 12.1 Å². The van der Waals surface area contributed by atoms with Gasteiger partial charge in [0.2, 0.25) is 0 Å². The van der Waals surface area contributed by atoms with E-state index < -0.39 is 11.5 Å². The Balaban J connectivity index is 1.26. The van der Waals surface area contributed by atoms with Crippen LogP contribution in [0.25, 0.3) is 22.3 Å². The number of hydrogen-bond donors (Lipinski definition) is 1. The van der Waals surface area contributed by atoms with Crippen LogP contribution in [-0.4, -0.2) is 47.8 Å². The number of ether oxygens (including phenoxy) is 3. The minimum absolute atomic E-state index is 0.125. The molecule has 1 saturated heterocycles. The fourth-order valence-electron chi connectivity index (χ4n) is 5.20. The number of aromatic nitrogens is 2. The quantitative estimate of drug-likeness (QED) is 0.385. The van der Waals surface area contributed by atoms with Gasteiger partial charge in [-0.3, -0.25) is 14.8 Å². The third-order valence-electron chi connectivity index (χ3n) is 7.76. The molecule has 5 rings (SSSR count). The lowest BCUT2D eigenvalue weighted by Crippen LogP contribution is -2.31. The molecule has 2 aromatic carbocycles. The molecule has 2 fully saturated rings. The van der Waals surface area contributed by atoms with Gasteiger partial charge in [-0.15, -0.1) is 0 Å². The number of nitrogens with zero attached hydrogens (tertiary/aromatic N) is 2. The van der Waals surface area contributed by atoms with Gasteiger partial charge in [0.05, 0.1) is 18.2 Å². The number of carbonyl (C=O) groups is 2. The van der Waals surface area contributed by atoms with Crippen molar-refractivity contribution in [2.24, 2.45) is 13.0 Å². The van der Waals surface area contributed by atoms with E-state index >= 15 is 0 Å². The van der Waals surface area contributed by atoms with Gasteiger partial charge in [-0.2, -0.15) is 5.10 Å². The third-order valence-corrected chi connectivity index (χ3v) is 7.76. The van der Waals surface area contributed by atoms with E-state index in [0.717, 1.165) is 53.5 Å². The van der Waals surface area contributed by atoms with Crippen LogP contribution >= 0.6 is 0 Å². The predicted molar refractivity (Wildman–Crippen MR) is 145 cm³/mol. The maximum Gasteiger partial charge on any atom is 0.413 e. The molecule has 8 heteroatoms. The highest BCUT2D eigenvalue weighted by Crippen LogP contribution is 2.49. The topological polar surface area (TPSA) is 91.7 Å². The largest absolute Gasteiger partial charge is 0.465 e. The van der Waals surface area contributed by atoms with Crippen LogP contribution in [0.3, 0.4) is 0 Å². The maximum absolute atomic E-state index is 12.7. The molecule has 1 saturated carbocycles. The minimum atomic E-state index is -0.484. The van der Waals surface area contributed by atoms with Crippen molar-refractivity contribution in [3.63, 3.8) is 0 Å². The van der Waals surface area contributed by atoms with E-state index in [1.54, 1.807) is 17.9 Å². The zero-order valence-electron chi connectivity index (χ0n) is 22.2. The zero-order valence-corrected chi connectivity index (χ0v) is 22.2. The van der Waals surface area contributed by atoms with Crippen LogP contribution in [-0.2, 0) is 31.5 Å². The molecule has 1 aromatic heterocycles. The highest BCUT2D eigenvalue weighted by atomic mass is 16.6. The zero-order chi connectivity index (χ0) is 26.7. The Morgan fingerprint density at radius 1 is 1.05 bits per heavy atom. The van der Waals surface area contributed by atoms with Crippen molar-refractivity contribution in [1.82, 2.24) is 9.78 Å². The normalized spacial score (nSPS) is 17.4. The molecule has 1 N–H and O–H groups in total. The van der Waals surface area contributed by atoms with Crippen molar-refractivity contribution in [3.8, 4) is 22.3 Å². The molecule has 200 valence electrons. The lowest BCUT2D eigenvalue weighted by molar-refractivity contribution is -0.146. The first-order valence-corrected chi connectivity index (χ1v) is 13.4. The molecule has 1 aliphatic heterocycles. The highest BCUT2D eigenvalue weighted by Gasteiger charge is 2.52. The monoisotopic (exact) mass is 517 g/mol. The first-order chi connectivity index (χ1) is 18.4. The Hall–Kier alpha value is -3.65. The fourth-order valence-corrected chi connectivity index (χ4v) is 5.20. The Labute approximate surface area is 223 Å². The van der Waals surface area contributed by atoms with Gasteiger partial charge in [-0.25, -0.2) is 4.79 Å². The number of hydrogen-bond acceptors (Lipinski definition) is 6. The molecule has 3 aromatic rings. The molecule has 1 amide bonds. The van der Waals surface area contributed by atoms with E-state index in [1.165, 1.54) is 0 Å². The highest BCUT2D eigenvalue weighted by molar-refractivity contribution is 5.90. The number of amides is 1. The van der Waals surface area contributed by atoms with Gasteiger partial charge in [-0.1, -0.05) is 48.5 Å². The minimum Gasteiger partial charge on any atom is -0.465 e. The molecule has 2 heterocycles. The van der Waals surface area contributed by atoms with Gasteiger partial charge in [0.1, 0.15) is 11.9 Å². The molecule has 0 bridgehead atoms. The smallest absolute Gasteiger partial charge is 0.413 e. The lowest BCUT2D eigenvalue weighted by atomic mass is 9.93. The second-order valence-electron chi connectivity index (χ2n) is 10.2. The molecule has 8 nitrogen and oxygen atoms in total. The molecule has 38 heavy (non-hydrogen) atoms. The number of rotatable bonds is 8. The summed E-state index contributed by atoms with van der Waals surface area (Å²) in [6.07, 6.45) is 4.54. The number of nitrogens with one attached hydrogen (secondary N) is 1. The van der Waals surface area contributed by atoms with Crippen LogP contribution in [0.4, 0.5) is 10.6 Å². The standard InChI is InChI=1S/C30H35N3O5/c1-4-37-28(34)30(15-16-30)25-11-9-23(10-12-25)22-5-7-24(8-6-22)26-19-31-33(3)27(26)32-29(35)38-20(2)21-13-17-36-18-14-21/h5-12,19-21H,4,13-18H2,1-3H3,(H,32,35). The second kappa shape index (κ2) is 11.0.